The lowest BCUT2D eigenvalue weighted by Crippen LogP contribution is -2.61. The van der Waals surface area contributed by atoms with Crippen molar-refractivity contribution in [3.05, 3.63) is 12.7 Å². The molecule has 6 heteroatoms. The number of aliphatic hydroxyl groups is 2. The van der Waals surface area contributed by atoms with Gasteiger partial charge in [-0.15, -0.1) is 0 Å². The largest absolute Gasteiger partial charge is 0.391 e. The monoisotopic (exact) mass is 543 g/mol. The quantitative estimate of drug-likeness (QED) is 0.408. The van der Waals surface area contributed by atoms with Gasteiger partial charge in [-0.2, -0.15) is 0 Å². The van der Waals surface area contributed by atoms with Gasteiger partial charge in [-0.1, -0.05) is 20.4 Å². The first-order chi connectivity index (χ1) is 18.7. The predicted octanol–water partition coefficient (Wildman–Crippen LogP) is 4.34. The number of ether oxygens (including phenoxy) is 2. The fourth-order valence-corrected chi connectivity index (χ4v) is 12.0. The minimum absolute atomic E-state index is 0.0556. The van der Waals surface area contributed by atoms with Crippen molar-refractivity contribution in [1.29, 1.82) is 0 Å². The number of quaternary nitrogens is 1. The van der Waals surface area contributed by atoms with E-state index in [1.165, 1.54) is 58.0 Å². The van der Waals surface area contributed by atoms with E-state index in [-0.39, 0.29) is 34.9 Å². The van der Waals surface area contributed by atoms with Gasteiger partial charge in [-0.05, 0) is 73.7 Å². The molecule has 3 aliphatic heterocycles. The van der Waals surface area contributed by atoms with Gasteiger partial charge in [0, 0.05) is 56.7 Å². The highest BCUT2D eigenvalue weighted by molar-refractivity contribution is 5.13. The van der Waals surface area contributed by atoms with Gasteiger partial charge >= 0.3 is 0 Å². The summed E-state index contributed by atoms with van der Waals surface area (Å²) in [5, 5.41) is 23.4. The second-order valence-corrected chi connectivity index (χ2v) is 15.5. The van der Waals surface area contributed by atoms with Crippen molar-refractivity contribution >= 4 is 0 Å². The smallest absolute Gasteiger partial charge is 0.170 e. The van der Waals surface area contributed by atoms with Gasteiger partial charge < -0.3 is 24.2 Å². The van der Waals surface area contributed by atoms with Crippen molar-refractivity contribution in [2.45, 2.75) is 115 Å². The van der Waals surface area contributed by atoms with E-state index in [1.54, 1.807) is 0 Å². The van der Waals surface area contributed by atoms with Crippen LogP contribution in [0.1, 0.15) is 84.5 Å². The second kappa shape index (κ2) is 9.77. The first-order valence-corrected chi connectivity index (χ1v) is 16.6. The number of likely N-dealkylation sites (tertiary alicyclic amines) is 2. The fourth-order valence-electron chi connectivity index (χ4n) is 12.0. The molecule has 220 valence electrons. The number of nitrogens with zero attached hydrogens (tertiary/aromatic N) is 2. The minimum atomic E-state index is -0.354. The maximum Gasteiger partial charge on any atom is 0.170 e. The van der Waals surface area contributed by atoms with Crippen LogP contribution in [0, 0.1) is 34.5 Å². The topological polar surface area (TPSA) is 62.2 Å². The molecule has 0 radical (unpaired) electrons. The van der Waals surface area contributed by atoms with Crippen LogP contribution in [0.2, 0.25) is 0 Å². The molecule has 39 heavy (non-hydrogen) atoms. The molecule has 6 nitrogen and oxygen atoms in total. The van der Waals surface area contributed by atoms with Crippen LogP contribution in [0.5, 0.6) is 0 Å². The van der Waals surface area contributed by atoms with Crippen LogP contribution in [0.15, 0.2) is 12.7 Å². The van der Waals surface area contributed by atoms with E-state index in [4.69, 9.17) is 9.47 Å². The van der Waals surface area contributed by atoms with Crippen LogP contribution < -0.4 is 0 Å². The molecule has 4 saturated carbocycles. The average molecular weight is 544 g/mol. The highest BCUT2D eigenvalue weighted by atomic mass is 16.7. The van der Waals surface area contributed by atoms with Crippen molar-refractivity contribution < 1.29 is 24.2 Å². The Morgan fingerprint density at radius 2 is 1.64 bits per heavy atom. The average Bonchev–Trinajstić information content (AvgIpc) is 3.65. The summed E-state index contributed by atoms with van der Waals surface area (Å²) in [7, 11) is 0. The molecule has 0 amide bonds. The summed E-state index contributed by atoms with van der Waals surface area (Å²) in [4.78, 5) is 2.59. The van der Waals surface area contributed by atoms with E-state index in [1.807, 2.05) is 0 Å². The summed E-state index contributed by atoms with van der Waals surface area (Å²) in [5.41, 5.74) is 0.341. The molecule has 0 aromatic heterocycles. The van der Waals surface area contributed by atoms with Crippen LogP contribution in [-0.4, -0.2) is 95.6 Å². The van der Waals surface area contributed by atoms with Gasteiger partial charge in [-0.25, -0.2) is 0 Å². The SMILES string of the molecule is C=CC[N+]1([C@H]2C[C@H]3[C@@H]4CC[C@H]5C[C@H](O)[C@@H](N6CCC7(CC6)OCCO7)C[C@]5(C)[C@H]4CC[C@]3(C)[C@H]2O)CCCC1. The van der Waals surface area contributed by atoms with Crippen molar-refractivity contribution in [3.63, 3.8) is 0 Å². The summed E-state index contributed by atoms with van der Waals surface area (Å²) in [6.45, 7) is 16.0. The third kappa shape index (κ3) is 4.09. The summed E-state index contributed by atoms with van der Waals surface area (Å²) < 4.78 is 13.1. The van der Waals surface area contributed by atoms with Crippen molar-refractivity contribution in [3.8, 4) is 0 Å². The standard InChI is InChI=1S/C33H55N2O4/c1-4-15-35(16-5-6-17-35)28-21-26-24-8-7-23-20-29(36)27(34-13-11-33(12-14-34)38-18-19-39-33)22-32(23,3)25(24)9-10-31(26,2)30(28)37/h4,23-30,36-37H,1,5-22H2,2-3H3/q+1/t23-,24+,25-,26-,27-,28-,29-,30-,31-,32-/m0/s1. The third-order valence-electron chi connectivity index (χ3n) is 14.2. The molecule has 7 aliphatic rings. The van der Waals surface area contributed by atoms with E-state index in [0.717, 1.165) is 74.9 Å². The first kappa shape index (κ1) is 27.3. The van der Waals surface area contributed by atoms with Crippen LogP contribution in [-0.2, 0) is 9.47 Å². The van der Waals surface area contributed by atoms with Gasteiger partial charge in [0.15, 0.2) is 5.79 Å². The zero-order valence-electron chi connectivity index (χ0n) is 24.7. The summed E-state index contributed by atoms with van der Waals surface area (Å²) >= 11 is 0. The molecule has 0 aromatic carbocycles. The molecule has 0 aromatic rings. The Kier molecular flexibility index (Phi) is 6.85. The van der Waals surface area contributed by atoms with Crippen molar-refractivity contribution in [1.82, 2.24) is 4.90 Å². The van der Waals surface area contributed by atoms with Crippen LogP contribution >= 0.6 is 0 Å². The Bertz CT molecular complexity index is 921. The second-order valence-electron chi connectivity index (χ2n) is 15.5. The lowest BCUT2D eigenvalue weighted by atomic mass is 9.44. The number of piperidine rings is 1. The Labute approximate surface area is 236 Å². The number of rotatable bonds is 4. The third-order valence-corrected chi connectivity index (χ3v) is 14.2. The molecular weight excluding hydrogens is 488 g/mol. The lowest BCUT2D eigenvalue weighted by molar-refractivity contribution is -0.938. The Balaban J connectivity index is 1.11. The first-order valence-electron chi connectivity index (χ1n) is 16.6. The maximum atomic E-state index is 12.0. The van der Waals surface area contributed by atoms with Crippen LogP contribution in [0.4, 0.5) is 0 Å². The number of fused-ring (bicyclic) bond motifs is 5. The Hall–Kier alpha value is -0.500. The van der Waals surface area contributed by atoms with Crippen LogP contribution in [0.25, 0.3) is 0 Å². The fraction of sp³-hybridized carbons (Fsp3) is 0.939. The Morgan fingerprint density at radius 1 is 0.923 bits per heavy atom. The van der Waals surface area contributed by atoms with Crippen LogP contribution in [0.3, 0.4) is 0 Å². The van der Waals surface area contributed by atoms with Crippen molar-refractivity contribution in [2.24, 2.45) is 34.5 Å². The van der Waals surface area contributed by atoms with Gasteiger partial charge in [0.05, 0.1) is 39.0 Å². The van der Waals surface area contributed by atoms with Gasteiger partial charge in [0.1, 0.15) is 12.1 Å². The van der Waals surface area contributed by atoms with Gasteiger partial charge in [-0.3, -0.25) is 4.90 Å². The maximum absolute atomic E-state index is 12.0. The highest BCUT2D eigenvalue weighted by Crippen LogP contribution is 2.67. The summed E-state index contributed by atoms with van der Waals surface area (Å²) in [6.07, 6.45) is 14.4. The molecule has 1 spiro atoms. The van der Waals surface area contributed by atoms with E-state index >= 15 is 0 Å². The summed E-state index contributed by atoms with van der Waals surface area (Å²) in [6, 6.07) is 0.636. The summed E-state index contributed by atoms with van der Waals surface area (Å²) in [5.74, 6) is 2.35. The molecule has 2 N–H and O–H groups in total. The zero-order chi connectivity index (χ0) is 27.0. The van der Waals surface area contributed by atoms with Crippen molar-refractivity contribution in [2.75, 3.05) is 45.9 Å². The normalized spacial score (nSPS) is 50.9. The number of hydrogen-bond donors (Lipinski definition) is 2. The van der Waals surface area contributed by atoms with E-state index in [2.05, 4.69) is 31.4 Å². The lowest BCUT2D eigenvalue weighted by Gasteiger charge is -2.62. The molecule has 3 saturated heterocycles. The molecule has 0 bridgehead atoms. The van der Waals surface area contributed by atoms with E-state index in [0.29, 0.717) is 17.9 Å². The van der Waals surface area contributed by atoms with Gasteiger partial charge in [0.25, 0.3) is 0 Å². The van der Waals surface area contributed by atoms with E-state index < -0.39 is 0 Å². The molecular formula is C33H55N2O4+. The molecule has 0 unspecified atom stereocenters. The molecule has 10 atom stereocenters. The predicted molar refractivity (Wildman–Crippen MR) is 152 cm³/mol. The van der Waals surface area contributed by atoms with Gasteiger partial charge in [0.2, 0.25) is 0 Å². The van der Waals surface area contributed by atoms with E-state index in [9.17, 15) is 10.2 Å². The highest BCUT2D eigenvalue weighted by Gasteiger charge is 2.66. The Morgan fingerprint density at radius 3 is 2.33 bits per heavy atom. The number of hydrogen-bond acceptors (Lipinski definition) is 5. The molecule has 3 heterocycles. The number of aliphatic hydroxyl groups excluding tert-OH is 2. The zero-order valence-corrected chi connectivity index (χ0v) is 24.7. The molecule has 4 aliphatic carbocycles. The molecule has 7 fully saturated rings. The molecule has 7 rings (SSSR count). The minimum Gasteiger partial charge on any atom is -0.391 e.